The summed E-state index contributed by atoms with van der Waals surface area (Å²) in [6, 6.07) is 3.09. The number of aliphatic hydroxyl groups excluding tert-OH is 1. The van der Waals surface area contributed by atoms with E-state index in [0.29, 0.717) is 6.42 Å². The van der Waals surface area contributed by atoms with E-state index in [1.165, 1.54) is 21.0 Å². The molecule has 3 fully saturated rings. The van der Waals surface area contributed by atoms with E-state index >= 15 is 0 Å². The molecule has 0 bridgehead atoms. The van der Waals surface area contributed by atoms with Gasteiger partial charge in [0.25, 0.3) is 5.79 Å². The predicted molar refractivity (Wildman–Crippen MR) is 126 cm³/mol. The second-order valence-electron chi connectivity index (χ2n) is 10.6. The first-order chi connectivity index (χ1) is 16.6. The van der Waals surface area contributed by atoms with Crippen LogP contribution in [0.3, 0.4) is 0 Å². The van der Waals surface area contributed by atoms with Crippen molar-refractivity contribution in [2.45, 2.75) is 89.4 Å². The van der Waals surface area contributed by atoms with E-state index in [0.717, 1.165) is 54.7 Å². The number of fused-ring (bicyclic) bond motifs is 1. The number of aliphatic hydroxyl groups is 2. The van der Waals surface area contributed by atoms with Crippen LogP contribution >= 0.6 is 0 Å². The van der Waals surface area contributed by atoms with E-state index in [1.54, 1.807) is 5.06 Å². The molecule has 1 aromatic rings. The number of carbonyl (C=O) groups is 2. The highest BCUT2D eigenvalue weighted by Gasteiger charge is 2.80. The third kappa shape index (κ3) is 3.01. The van der Waals surface area contributed by atoms with Crippen molar-refractivity contribution in [1.82, 2.24) is 4.90 Å². The molecule has 1 aliphatic carbocycles. The molecule has 9 heteroatoms. The van der Waals surface area contributed by atoms with Crippen molar-refractivity contribution in [3.8, 4) is 0 Å². The van der Waals surface area contributed by atoms with Crippen LogP contribution in [0.25, 0.3) is 0 Å². The van der Waals surface area contributed by atoms with Gasteiger partial charge in [0.05, 0.1) is 19.4 Å². The molecule has 192 valence electrons. The lowest BCUT2D eigenvalue weighted by molar-refractivity contribution is -0.325. The molecular formula is C26H36N2O7. The molecule has 2 N–H and O–H groups in total. The molecule has 0 amide bonds. The number of esters is 2. The van der Waals surface area contributed by atoms with Gasteiger partial charge in [-0.2, -0.15) is 0 Å². The average molecular weight is 489 g/mol. The van der Waals surface area contributed by atoms with Crippen LogP contribution < -0.4 is 5.06 Å². The average Bonchev–Trinajstić information content (AvgIpc) is 3.33. The molecule has 1 spiro atoms. The topological polar surface area (TPSA) is 109 Å². The summed E-state index contributed by atoms with van der Waals surface area (Å²) in [5.74, 6) is -3.34. The Morgan fingerprint density at radius 2 is 1.89 bits per heavy atom. The van der Waals surface area contributed by atoms with Gasteiger partial charge in [-0.3, -0.25) is 19.3 Å². The smallest absolute Gasteiger partial charge is 0.305 e. The maximum atomic E-state index is 12.5. The van der Waals surface area contributed by atoms with Gasteiger partial charge >= 0.3 is 11.9 Å². The number of ether oxygens (including phenoxy) is 2. The maximum absolute atomic E-state index is 12.5. The highest BCUT2D eigenvalue weighted by atomic mass is 16.7. The van der Waals surface area contributed by atoms with E-state index < -0.39 is 40.7 Å². The Hall–Kier alpha value is -2.20. The van der Waals surface area contributed by atoms with Crippen molar-refractivity contribution in [3.05, 3.63) is 28.8 Å². The number of hydrogen-bond acceptors (Lipinski definition) is 9. The van der Waals surface area contributed by atoms with Gasteiger partial charge < -0.3 is 19.7 Å². The number of hydroxylamine groups is 1. The summed E-state index contributed by atoms with van der Waals surface area (Å²) in [5.41, 5.74) is 2.19. The largest absolute Gasteiger partial charge is 0.455 e. The summed E-state index contributed by atoms with van der Waals surface area (Å²) in [6.07, 6.45) is 1.92. The Morgan fingerprint density at radius 1 is 1.14 bits per heavy atom. The van der Waals surface area contributed by atoms with Crippen molar-refractivity contribution in [2.75, 3.05) is 25.3 Å². The van der Waals surface area contributed by atoms with E-state index in [1.807, 2.05) is 13.0 Å². The van der Waals surface area contributed by atoms with Crippen LogP contribution in [0.15, 0.2) is 12.1 Å². The Balaban J connectivity index is 1.86. The molecule has 9 nitrogen and oxygen atoms in total. The van der Waals surface area contributed by atoms with Gasteiger partial charge in [0.1, 0.15) is 6.04 Å². The van der Waals surface area contributed by atoms with Crippen molar-refractivity contribution in [3.63, 3.8) is 0 Å². The van der Waals surface area contributed by atoms with Gasteiger partial charge in [-0.1, -0.05) is 13.0 Å². The summed E-state index contributed by atoms with van der Waals surface area (Å²) in [4.78, 5) is 33.3. The molecule has 4 aliphatic rings. The Kier molecular flexibility index (Phi) is 5.71. The van der Waals surface area contributed by atoms with Crippen molar-refractivity contribution >= 4 is 17.6 Å². The van der Waals surface area contributed by atoms with Crippen LogP contribution in [0, 0.1) is 12.3 Å². The number of benzene rings is 1. The molecule has 6 atom stereocenters. The molecule has 1 aromatic carbocycles. The van der Waals surface area contributed by atoms with E-state index in [4.69, 9.17) is 14.3 Å². The normalized spacial score (nSPS) is 37.5. The van der Waals surface area contributed by atoms with Gasteiger partial charge in [-0.25, -0.2) is 5.06 Å². The van der Waals surface area contributed by atoms with E-state index in [-0.39, 0.29) is 12.6 Å². The Morgan fingerprint density at radius 3 is 2.49 bits per heavy atom. The SMILES string of the molecule is CCC12CCCN3CCC4(c5cc(C)c(CO)cc5N(OC)C4C(O)(OC(C)=O)[C@@H]1OC(C)=O)C32. The van der Waals surface area contributed by atoms with Crippen LogP contribution in [0.4, 0.5) is 5.69 Å². The summed E-state index contributed by atoms with van der Waals surface area (Å²) in [7, 11) is 1.52. The highest BCUT2D eigenvalue weighted by Crippen LogP contribution is 2.68. The number of rotatable bonds is 5. The van der Waals surface area contributed by atoms with Crippen LogP contribution in [0.1, 0.15) is 63.1 Å². The van der Waals surface area contributed by atoms with Gasteiger partial charge in [0, 0.05) is 30.7 Å². The van der Waals surface area contributed by atoms with Crippen LogP contribution in [-0.2, 0) is 35.9 Å². The molecule has 2 saturated heterocycles. The zero-order chi connectivity index (χ0) is 25.3. The second-order valence-corrected chi connectivity index (χ2v) is 10.6. The first kappa shape index (κ1) is 24.5. The fourth-order valence-electron chi connectivity index (χ4n) is 8.15. The zero-order valence-corrected chi connectivity index (χ0v) is 21.2. The van der Waals surface area contributed by atoms with Crippen LogP contribution in [-0.4, -0.2) is 71.2 Å². The number of aryl methyl sites for hydroxylation is 1. The number of anilines is 1. The number of hydrogen-bond donors (Lipinski definition) is 2. The molecular weight excluding hydrogens is 452 g/mol. The third-order valence-electron chi connectivity index (χ3n) is 9.12. The molecule has 35 heavy (non-hydrogen) atoms. The lowest BCUT2D eigenvalue weighted by atomic mass is 9.49. The Labute approximate surface area is 205 Å². The zero-order valence-electron chi connectivity index (χ0n) is 21.2. The number of carbonyl (C=O) groups excluding carboxylic acids is 2. The maximum Gasteiger partial charge on any atom is 0.305 e. The van der Waals surface area contributed by atoms with Crippen LogP contribution in [0.5, 0.6) is 0 Å². The molecule has 5 unspecified atom stereocenters. The first-order valence-electron chi connectivity index (χ1n) is 12.5. The third-order valence-corrected chi connectivity index (χ3v) is 9.12. The van der Waals surface area contributed by atoms with Gasteiger partial charge in [0.2, 0.25) is 0 Å². The lowest BCUT2D eigenvalue weighted by Crippen LogP contribution is -2.80. The van der Waals surface area contributed by atoms with Gasteiger partial charge in [0.15, 0.2) is 6.10 Å². The van der Waals surface area contributed by atoms with Crippen LogP contribution in [0.2, 0.25) is 0 Å². The number of nitrogens with zero attached hydrogens (tertiary/aromatic N) is 2. The van der Waals surface area contributed by atoms with Gasteiger partial charge in [-0.15, -0.1) is 0 Å². The van der Waals surface area contributed by atoms with E-state index in [2.05, 4.69) is 17.9 Å². The first-order valence-corrected chi connectivity index (χ1v) is 12.5. The van der Waals surface area contributed by atoms with Crippen molar-refractivity contribution in [2.24, 2.45) is 5.41 Å². The van der Waals surface area contributed by atoms with Crippen molar-refractivity contribution < 1.29 is 34.1 Å². The Bertz CT molecular complexity index is 1060. The van der Waals surface area contributed by atoms with E-state index in [9.17, 15) is 19.8 Å². The second kappa shape index (κ2) is 8.16. The number of piperidine rings is 1. The summed E-state index contributed by atoms with van der Waals surface area (Å²) in [5, 5.41) is 24.1. The molecule has 1 saturated carbocycles. The summed E-state index contributed by atoms with van der Waals surface area (Å²) >= 11 is 0. The molecule has 3 heterocycles. The highest BCUT2D eigenvalue weighted by molar-refractivity contribution is 5.72. The minimum absolute atomic E-state index is 0.0581. The summed E-state index contributed by atoms with van der Waals surface area (Å²) in [6.45, 7) is 8.20. The molecule has 0 radical (unpaired) electrons. The predicted octanol–water partition coefficient (Wildman–Crippen LogP) is 1.94. The van der Waals surface area contributed by atoms with Gasteiger partial charge in [-0.05, 0) is 68.5 Å². The van der Waals surface area contributed by atoms with Crippen molar-refractivity contribution in [1.29, 1.82) is 0 Å². The molecule has 5 rings (SSSR count). The molecule has 3 aliphatic heterocycles. The minimum Gasteiger partial charge on any atom is -0.455 e. The minimum atomic E-state index is -2.15. The monoisotopic (exact) mass is 488 g/mol. The fraction of sp³-hybridized carbons (Fsp3) is 0.692. The lowest BCUT2D eigenvalue weighted by Gasteiger charge is -2.64. The standard InChI is InChI=1S/C26H36N2O7/c1-6-24-8-7-10-27-11-9-25(21(24)27)19-12-15(2)18(14-29)13-20(19)28(33-5)22(25)26(32,35-17(4)31)23(24)34-16(3)30/h12-13,21-23,29,32H,6-11,14H2,1-5H3/t21?,22?,23-,24?,25?,26?/m1/s1. The molecule has 0 aromatic heterocycles. The quantitative estimate of drug-likeness (QED) is 0.475. The fourth-order valence-corrected chi connectivity index (χ4v) is 8.15. The summed E-state index contributed by atoms with van der Waals surface area (Å²) < 4.78 is 11.8.